The molecule has 2 aliphatic rings. The summed E-state index contributed by atoms with van der Waals surface area (Å²) in [7, 11) is 0. The standard InChI is InChI=1S/C19H36N2/c1-7-18(3,4)20-12-16-14-9-10-15(11-14)17(16)13-21-19(5,6)8-2/h9-10,14-17,20-21H,7-8,11-13H2,1-6H3/t14-,15+,16-,17-/m1/s1. The molecule has 0 heterocycles. The van der Waals surface area contributed by atoms with E-state index in [2.05, 4.69) is 64.3 Å². The van der Waals surface area contributed by atoms with Gasteiger partial charge in [0, 0.05) is 11.1 Å². The van der Waals surface area contributed by atoms with Gasteiger partial charge in [0.1, 0.15) is 0 Å². The first-order valence-electron chi connectivity index (χ1n) is 8.96. The van der Waals surface area contributed by atoms with E-state index in [0.29, 0.717) is 0 Å². The fourth-order valence-corrected chi connectivity index (χ4v) is 3.67. The molecule has 2 heteroatoms. The molecule has 21 heavy (non-hydrogen) atoms. The first-order valence-corrected chi connectivity index (χ1v) is 8.96. The minimum Gasteiger partial charge on any atom is -0.311 e. The summed E-state index contributed by atoms with van der Waals surface area (Å²) in [4.78, 5) is 0. The highest BCUT2D eigenvalue weighted by Gasteiger charge is 2.44. The van der Waals surface area contributed by atoms with E-state index in [1.165, 1.54) is 32.4 Å². The van der Waals surface area contributed by atoms with Gasteiger partial charge in [-0.3, -0.25) is 0 Å². The van der Waals surface area contributed by atoms with Crippen LogP contribution in [0.5, 0.6) is 0 Å². The van der Waals surface area contributed by atoms with Gasteiger partial charge in [-0.15, -0.1) is 0 Å². The molecule has 0 aromatic rings. The highest BCUT2D eigenvalue weighted by Crippen LogP contribution is 2.47. The van der Waals surface area contributed by atoms with Gasteiger partial charge in [0.15, 0.2) is 0 Å². The fraction of sp³-hybridized carbons (Fsp3) is 0.895. The van der Waals surface area contributed by atoms with E-state index in [-0.39, 0.29) is 11.1 Å². The van der Waals surface area contributed by atoms with Crippen molar-refractivity contribution in [2.45, 2.75) is 71.9 Å². The minimum absolute atomic E-state index is 0.270. The first kappa shape index (κ1) is 17.0. The number of nitrogens with one attached hydrogen (secondary N) is 2. The molecule has 4 atom stereocenters. The second kappa shape index (κ2) is 6.42. The number of allylic oxidation sites excluding steroid dienone is 2. The van der Waals surface area contributed by atoms with Crippen molar-refractivity contribution in [1.29, 1.82) is 0 Å². The Morgan fingerprint density at radius 2 is 1.19 bits per heavy atom. The molecule has 0 amide bonds. The number of rotatable bonds is 8. The molecule has 0 saturated heterocycles. The number of fused-ring (bicyclic) bond motifs is 2. The predicted molar refractivity (Wildman–Crippen MR) is 92.5 cm³/mol. The summed E-state index contributed by atoms with van der Waals surface area (Å²) < 4.78 is 0. The Bertz CT molecular complexity index is 336. The van der Waals surface area contributed by atoms with Crippen LogP contribution in [-0.2, 0) is 0 Å². The van der Waals surface area contributed by atoms with Gasteiger partial charge in [-0.05, 0) is 83.7 Å². The van der Waals surface area contributed by atoms with Crippen LogP contribution < -0.4 is 10.6 Å². The highest BCUT2D eigenvalue weighted by molar-refractivity contribution is 5.14. The van der Waals surface area contributed by atoms with Crippen LogP contribution in [0.1, 0.15) is 60.8 Å². The van der Waals surface area contributed by atoms with Crippen molar-refractivity contribution in [3.63, 3.8) is 0 Å². The van der Waals surface area contributed by atoms with Gasteiger partial charge in [0.2, 0.25) is 0 Å². The summed E-state index contributed by atoms with van der Waals surface area (Å²) >= 11 is 0. The van der Waals surface area contributed by atoms with E-state index in [1.807, 2.05) is 0 Å². The molecular formula is C19H36N2. The molecular weight excluding hydrogens is 256 g/mol. The quantitative estimate of drug-likeness (QED) is 0.661. The van der Waals surface area contributed by atoms with Crippen molar-refractivity contribution in [2.24, 2.45) is 23.7 Å². The van der Waals surface area contributed by atoms with E-state index < -0.39 is 0 Å². The summed E-state index contributed by atoms with van der Waals surface area (Å²) in [6, 6.07) is 0. The lowest BCUT2D eigenvalue weighted by molar-refractivity contribution is 0.232. The molecule has 0 aliphatic heterocycles. The van der Waals surface area contributed by atoms with Crippen LogP contribution in [-0.4, -0.2) is 24.2 Å². The van der Waals surface area contributed by atoms with Gasteiger partial charge < -0.3 is 10.6 Å². The third kappa shape index (κ3) is 4.10. The molecule has 1 saturated carbocycles. The molecule has 1 fully saturated rings. The summed E-state index contributed by atoms with van der Waals surface area (Å²) in [5.74, 6) is 3.25. The lowest BCUT2D eigenvalue weighted by Crippen LogP contribution is -2.47. The van der Waals surface area contributed by atoms with Gasteiger partial charge in [-0.1, -0.05) is 26.0 Å². The Balaban J connectivity index is 1.93. The Hall–Kier alpha value is -0.340. The van der Waals surface area contributed by atoms with Crippen LogP contribution in [0.3, 0.4) is 0 Å². The Morgan fingerprint density at radius 1 is 0.810 bits per heavy atom. The van der Waals surface area contributed by atoms with Crippen molar-refractivity contribution < 1.29 is 0 Å². The van der Waals surface area contributed by atoms with Gasteiger partial charge in [0.25, 0.3) is 0 Å². The Morgan fingerprint density at radius 3 is 1.52 bits per heavy atom. The van der Waals surface area contributed by atoms with Gasteiger partial charge in [0.05, 0.1) is 0 Å². The monoisotopic (exact) mass is 292 g/mol. The van der Waals surface area contributed by atoms with Crippen molar-refractivity contribution in [1.82, 2.24) is 10.6 Å². The summed E-state index contributed by atoms with van der Waals surface area (Å²) in [5, 5.41) is 7.63. The largest absolute Gasteiger partial charge is 0.311 e. The molecule has 2 nitrogen and oxygen atoms in total. The topological polar surface area (TPSA) is 24.1 Å². The number of hydrogen-bond acceptors (Lipinski definition) is 2. The normalized spacial score (nSPS) is 32.1. The lowest BCUT2D eigenvalue weighted by Gasteiger charge is -2.35. The maximum atomic E-state index is 3.81. The molecule has 0 spiro atoms. The van der Waals surface area contributed by atoms with E-state index in [4.69, 9.17) is 0 Å². The smallest absolute Gasteiger partial charge is 0.0122 e. The average Bonchev–Trinajstić information content (AvgIpc) is 3.04. The van der Waals surface area contributed by atoms with Crippen molar-refractivity contribution in [3.8, 4) is 0 Å². The van der Waals surface area contributed by atoms with E-state index in [9.17, 15) is 0 Å². The average molecular weight is 293 g/mol. The molecule has 0 aromatic heterocycles. The molecule has 0 aromatic carbocycles. The van der Waals surface area contributed by atoms with Crippen molar-refractivity contribution >= 4 is 0 Å². The number of hydrogen-bond donors (Lipinski definition) is 2. The third-order valence-electron chi connectivity index (χ3n) is 6.20. The van der Waals surface area contributed by atoms with Gasteiger partial charge in [-0.25, -0.2) is 0 Å². The van der Waals surface area contributed by atoms with Crippen molar-refractivity contribution in [3.05, 3.63) is 12.2 Å². The SMILES string of the molecule is CCC(C)(C)NC[C@H]1[C@H](CNC(C)(C)CC)[C@H]2C=C[C@@H]1C2. The summed E-state index contributed by atoms with van der Waals surface area (Å²) in [6.45, 7) is 16.2. The van der Waals surface area contributed by atoms with E-state index >= 15 is 0 Å². The zero-order valence-electron chi connectivity index (χ0n) is 15.0. The minimum atomic E-state index is 0.270. The molecule has 122 valence electrons. The van der Waals surface area contributed by atoms with Gasteiger partial charge in [-0.2, -0.15) is 0 Å². The molecule has 2 N–H and O–H groups in total. The Kier molecular flexibility index (Phi) is 5.20. The van der Waals surface area contributed by atoms with Crippen molar-refractivity contribution in [2.75, 3.05) is 13.1 Å². The van der Waals surface area contributed by atoms with Gasteiger partial charge >= 0.3 is 0 Å². The highest BCUT2D eigenvalue weighted by atomic mass is 15.0. The van der Waals surface area contributed by atoms with Crippen LogP contribution in [0.2, 0.25) is 0 Å². The van der Waals surface area contributed by atoms with Crippen LogP contribution in [0.15, 0.2) is 12.2 Å². The molecule has 0 unspecified atom stereocenters. The summed E-state index contributed by atoms with van der Waals surface area (Å²) in [6.07, 6.45) is 8.73. The van der Waals surface area contributed by atoms with E-state index in [0.717, 1.165) is 23.7 Å². The lowest BCUT2D eigenvalue weighted by atomic mass is 9.81. The Labute approximate surface area is 132 Å². The zero-order valence-corrected chi connectivity index (χ0v) is 15.0. The maximum absolute atomic E-state index is 3.81. The second-order valence-electron chi connectivity index (χ2n) is 8.51. The van der Waals surface area contributed by atoms with Crippen LogP contribution in [0.25, 0.3) is 0 Å². The van der Waals surface area contributed by atoms with Crippen LogP contribution in [0, 0.1) is 23.7 Å². The van der Waals surface area contributed by atoms with Crippen LogP contribution >= 0.6 is 0 Å². The van der Waals surface area contributed by atoms with Crippen LogP contribution in [0.4, 0.5) is 0 Å². The summed E-state index contributed by atoms with van der Waals surface area (Å²) in [5.41, 5.74) is 0.540. The molecule has 2 rings (SSSR count). The zero-order chi connectivity index (χ0) is 15.7. The maximum Gasteiger partial charge on any atom is 0.0122 e. The molecule has 2 bridgehead atoms. The molecule has 0 radical (unpaired) electrons. The first-order chi connectivity index (χ1) is 9.78. The third-order valence-corrected chi connectivity index (χ3v) is 6.20. The predicted octanol–water partition coefficient (Wildman–Crippen LogP) is 3.98. The van der Waals surface area contributed by atoms with E-state index in [1.54, 1.807) is 0 Å². The fourth-order valence-electron chi connectivity index (χ4n) is 3.67. The molecule has 2 aliphatic carbocycles. The second-order valence-corrected chi connectivity index (χ2v) is 8.51.